The topological polar surface area (TPSA) is 64.6 Å². The minimum Gasteiger partial charge on any atom is -0.497 e. The fourth-order valence-corrected chi connectivity index (χ4v) is 2.09. The molecule has 0 atom stereocenters. The van der Waals surface area contributed by atoms with Crippen molar-refractivity contribution < 1.29 is 23.5 Å². The van der Waals surface area contributed by atoms with Crippen LogP contribution in [0, 0.1) is 5.82 Å². The van der Waals surface area contributed by atoms with Gasteiger partial charge in [0.2, 0.25) is 0 Å². The zero-order valence-electron chi connectivity index (χ0n) is 12.8. The molecule has 1 amide bonds. The zero-order chi connectivity index (χ0) is 17.5. The normalized spacial score (nSPS) is 10.1. The van der Waals surface area contributed by atoms with Crippen molar-refractivity contribution in [2.45, 2.75) is 6.61 Å². The van der Waals surface area contributed by atoms with E-state index < -0.39 is 17.7 Å². The zero-order valence-corrected chi connectivity index (χ0v) is 13.6. The molecule has 0 unspecified atom stereocenters. The number of esters is 1. The summed E-state index contributed by atoms with van der Waals surface area (Å²) in [7, 11) is 1.52. The molecular weight excluding hydrogens is 337 g/mol. The number of halogens is 2. The predicted molar refractivity (Wildman–Crippen MR) is 86.5 cm³/mol. The number of methoxy groups -OCH3 is 1. The summed E-state index contributed by atoms with van der Waals surface area (Å²) in [6.45, 7) is -0.639. The van der Waals surface area contributed by atoms with E-state index in [-0.39, 0.29) is 23.7 Å². The highest BCUT2D eigenvalue weighted by Crippen LogP contribution is 2.19. The first-order chi connectivity index (χ1) is 11.5. The number of hydrogen-bond donors (Lipinski definition) is 1. The Balaban J connectivity index is 1.83. The van der Waals surface area contributed by atoms with E-state index in [1.807, 2.05) is 0 Å². The molecule has 0 heterocycles. The van der Waals surface area contributed by atoms with Crippen LogP contribution in [-0.4, -0.2) is 25.5 Å². The molecule has 2 aromatic rings. The minimum absolute atomic E-state index is 0.0917. The molecule has 24 heavy (non-hydrogen) atoms. The van der Waals surface area contributed by atoms with Crippen LogP contribution in [0.5, 0.6) is 5.75 Å². The Morgan fingerprint density at radius 3 is 2.50 bits per heavy atom. The molecule has 0 aliphatic heterocycles. The van der Waals surface area contributed by atoms with Gasteiger partial charge in [-0.15, -0.1) is 0 Å². The number of carbonyl (C=O) groups is 2. The van der Waals surface area contributed by atoms with Crippen molar-refractivity contribution >= 4 is 23.5 Å². The Bertz CT molecular complexity index is 714. The van der Waals surface area contributed by atoms with Gasteiger partial charge in [0.05, 0.1) is 12.1 Å². The maximum Gasteiger partial charge on any atom is 0.325 e. The maximum absolute atomic E-state index is 13.5. The summed E-state index contributed by atoms with van der Waals surface area (Å²) < 4.78 is 23.4. The summed E-state index contributed by atoms with van der Waals surface area (Å²) >= 11 is 5.83. The lowest BCUT2D eigenvalue weighted by molar-refractivity contribution is -0.143. The quantitative estimate of drug-likeness (QED) is 0.813. The number of hydrogen-bond acceptors (Lipinski definition) is 4. The van der Waals surface area contributed by atoms with Crippen molar-refractivity contribution in [1.29, 1.82) is 0 Å². The Hall–Kier alpha value is -2.60. The van der Waals surface area contributed by atoms with Gasteiger partial charge < -0.3 is 14.8 Å². The van der Waals surface area contributed by atoms with E-state index >= 15 is 0 Å². The highest BCUT2D eigenvalue weighted by Gasteiger charge is 2.12. The number of rotatable bonds is 6. The molecule has 1 N–H and O–H groups in total. The highest BCUT2D eigenvalue weighted by molar-refractivity contribution is 6.31. The van der Waals surface area contributed by atoms with Crippen LogP contribution >= 0.6 is 11.6 Å². The third-order valence-electron chi connectivity index (χ3n) is 3.18. The van der Waals surface area contributed by atoms with Crippen LogP contribution in [-0.2, 0) is 16.1 Å². The van der Waals surface area contributed by atoms with Crippen LogP contribution in [0.3, 0.4) is 0 Å². The molecule has 0 radical (unpaired) electrons. The number of benzene rings is 2. The van der Waals surface area contributed by atoms with E-state index in [4.69, 9.17) is 21.1 Å². The van der Waals surface area contributed by atoms with Gasteiger partial charge in [0.1, 0.15) is 24.7 Å². The SMILES string of the molecule is COc1ccc(C(=O)NCC(=O)OCc2c(F)cccc2Cl)cc1. The molecule has 2 aromatic carbocycles. The van der Waals surface area contributed by atoms with Crippen LogP contribution in [0.4, 0.5) is 4.39 Å². The Kier molecular flexibility index (Phi) is 6.14. The van der Waals surface area contributed by atoms with E-state index in [9.17, 15) is 14.0 Å². The number of nitrogens with one attached hydrogen (secondary N) is 1. The summed E-state index contributed by atoms with van der Waals surface area (Å²) in [5, 5.41) is 2.59. The Labute approximate surface area is 143 Å². The van der Waals surface area contributed by atoms with Gasteiger partial charge in [-0.25, -0.2) is 4.39 Å². The van der Waals surface area contributed by atoms with Gasteiger partial charge in [0, 0.05) is 11.1 Å². The van der Waals surface area contributed by atoms with Crippen molar-refractivity contribution in [2.24, 2.45) is 0 Å². The summed E-state index contributed by atoms with van der Waals surface area (Å²) in [5.74, 6) is -1.07. The van der Waals surface area contributed by atoms with Crippen molar-refractivity contribution in [3.63, 3.8) is 0 Å². The summed E-state index contributed by atoms with van der Waals surface area (Å²) in [4.78, 5) is 23.5. The fourth-order valence-electron chi connectivity index (χ4n) is 1.87. The van der Waals surface area contributed by atoms with Gasteiger partial charge in [-0.1, -0.05) is 17.7 Å². The van der Waals surface area contributed by atoms with Crippen LogP contribution in [0.25, 0.3) is 0 Å². The first kappa shape index (κ1) is 17.7. The summed E-state index contributed by atoms with van der Waals surface area (Å²) in [5.41, 5.74) is 0.467. The highest BCUT2D eigenvalue weighted by atomic mass is 35.5. The second-order valence-corrected chi connectivity index (χ2v) is 5.18. The van der Waals surface area contributed by atoms with E-state index in [0.29, 0.717) is 11.3 Å². The lowest BCUT2D eigenvalue weighted by atomic mass is 10.2. The van der Waals surface area contributed by atoms with Crippen molar-refractivity contribution in [1.82, 2.24) is 5.32 Å². The average molecular weight is 352 g/mol. The molecule has 5 nitrogen and oxygen atoms in total. The lowest BCUT2D eigenvalue weighted by Gasteiger charge is -2.09. The van der Waals surface area contributed by atoms with E-state index in [1.54, 1.807) is 24.3 Å². The molecule has 0 saturated carbocycles. The van der Waals surface area contributed by atoms with Gasteiger partial charge in [0.25, 0.3) is 5.91 Å². The molecule has 0 aliphatic carbocycles. The maximum atomic E-state index is 13.5. The predicted octanol–water partition coefficient (Wildman–Crippen LogP) is 2.96. The monoisotopic (exact) mass is 351 g/mol. The second kappa shape index (κ2) is 8.31. The first-order valence-corrected chi connectivity index (χ1v) is 7.40. The fraction of sp³-hybridized carbons (Fsp3) is 0.176. The Morgan fingerprint density at radius 2 is 1.88 bits per heavy atom. The molecule has 2 rings (SSSR count). The Morgan fingerprint density at radius 1 is 1.17 bits per heavy atom. The van der Waals surface area contributed by atoms with Crippen molar-refractivity contribution in [2.75, 3.05) is 13.7 Å². The molecule has 7 heteroatoms. The van der Waals surface area contributed by atoms with Crippen LogP contribution < -0.4 is 10.1 Å². The number of carbonyl (C=O) groups excluding carboxylic acids is 2. The number of ether oxygens (including phenoxy) is 2. The van der Waals surface area contributed by atoms with Gasteiger partial charge in [0.15, 0.2) is 0 Å². The van der Waals surface area contributed by atoms with Crippen LogP contribution in [0.15, 0.2) is 42.5 Å². The molecule has 0 aromatic heterocycles. The number of amides is 1. The molecule has 126 valence electrons. The summed E-state index contributed by atoms with van der Waals surface area (Å²) in [6.07, 6.45) is 0. The van der Waals surface area contributed by atoms with Gasteiger partial charge in [-0.3, -0.25) is 9.59 Å². The van der Waals surface area contributed by atoms with E-state index in [0.717, 1.165) is 0 Å². The first-order valence-electron chi connectivity index (χ1n) is 7.02. The molecule has 0 fully saturated rings. The van der Waals surface area contributed by atoms with Crippen LogP contribution in [0.1, 0.15) is 15.9 Å². The van der Waals surface area contributed by atoms with E-state index in [1.165, 1.54) is 25.3 Å². The second-order valence-electron chi connectivity index (χ2n) is 4.77. The third kappa shape index (κ3) is 4.70. The average Bonchev–Trinajstić information content (AvgIpc) is 2.59. The summed E-state index contributed by atoms with van der Waals surface area (Å²) in [6, 6.07) is 10.6. The van der Waals surface area contributed by atoms with Gasteiger partial charge in [-0.2, -0.15) is 0 Å². The lowest BCUT2D eigenvalue weighted by Crippen LogP contribution is -2.30. The van der Waals surface area contributed by atoms with Gasteiger partial charge in [-0.05, 0) is 36.4 Å². The largest absolute Gasteiger partial charge is 0.497 e. The van der Waals surface area contributed by atoms with E-state index in [2.05, 4.69) is 5.32 Å². The molecule has 0 bridgehead atoms. The third-order valence-corrected chi connectivity index (χ3v) is 3.54. The molecule has 0 spiro atoms. The van der Waals surface area contributed by atoms with Crippen molar-refractivity contribution in [3.8, 4) is 5.75 Å². The molecular formula is C17H15ClFNO4. The minimum atomic E-state index is -0.698. The van der Waals surface area contributed by atoms with Crippen LogP contribution in [0.2, 0.25) is 5.02 Å². The smallest absolute Gasteiger partial charge is 0.325 e. The standard InChI is InChI=1S/C17H15ClFNO4/c1-23-12-7-5-11(6-8-12)17(22)20-9-16(21)24-10-13-14(18)3-2-4-15(13)19/h2-8H,9-10H2,1H3,(H,20,22). The van der Waals surface area contributed by atoms with Crippen molar-refractivity contribution in [3.05, 3.63) is 64.4 Å². The molecule has 0 saturated heterocycles. The van der Waals surface area contributed by atoms with Gasteiger partial charge >= 0.3 is 5.97 Å². The molecule has 0 aliphatic rings.